The number of pyridine rings is 1. The number of carbonyl (C=O) groups excluding carboxylic acids is 1. The van der Waals surface area contributed by atoms with E-state index in [0.717, 1.165) is 63.1 Å². The lowest BCUT2D eigenvalue weighted by atomic mass is 9.92. The molecule has 0 amide bonds. The molecular weight excluding hydrogens is 454 g/mol. The molecule has 1 saturated heterocycles. The fourth-order valence-corrected chi connectivity index (χ4v) is 4.30. The summed E-state index contributed by atoms with van der Waals surface area (Å²) in [4.78, 5) is 20.6. The highest BCUT2D eigenvalue weighted by molar-refractivity contribution is 6.29. The lowest BCUT2D eigenvalue weighted by molar-refractivity contribution is -0.154. The molecule has 7 nitrogen and oxygen atoms in total. The summed E-state index contributed by atoms with van der Waals surface area (Å²) in [6, 6.07) is 3.86. The molecule has 2 heterocycles. The topological polar surface area (TPSA) is 75.1 Å². The molecule has 34 heavy (non-hydrogen) atoms. The maximum absolute atomic E-state index is 11.7. The maximum atomic E-state index is 11.7. The third kappa shape index (κ3) is 10.9. The molecule has 0 aliphatic carbocycles. The van der Waals surface area contributed by atoms with Gasteiger partial charge in [0.15, 0.2) is 0 Å². The molecule has 0 saturated carbocycles. The van der Waals surface area contributed by atoms with Crippen molar-refractivity contribution in [3.63, 3.8) is 0 Å². The van der Waals surface area contributed by atoms with Crippen LogP contribution in [-0.4, -0.2) is 72.6 Å². The number of ether oxygens (including phenoxy) is 2. The van der Waals surface area contributed by atoms with Crippen LogP contribution in [0.2, 0.25) is 5.15 Å². The van der Waals surface area contributed by atoms with Crippen molar-refractivity contribution in [1.82, 2.24) is 9.88 Å². The highest BCUT2D eigenvalue weighted by atomic mass is 35.5. The number of piperidine rings is 1. The quantitative estimate of drug-likeness (QED) is 0.238. The number of halogens is 1. The number of rotatable bonds is 13. The van der Waals surface area contributed by atoms with Crippen LogP contribution in [-0.2, 0) is 20.8 Å². The first-order valence-corrected chi connectivity index (χ1v) is 12.9. The first-order valence-electron chi connectivity index (χ1n) is 12.5. The minimum absolute atomic E-state index is 0.114. The first kappa shape index (κ1) is 28.8. The van der Waals surface area contributed by atoms with Crippen LogP contribution in [0.3, 0.4) is 0 Å². The Bertz CT molecular complexity index is 759. The van der Waals surface area contributed by atoms with E-state index in [9.17, 15) is 9.90 Å². The largest absolute Gasteiger partial charge is 0.460 e. The third-order valence-corrected chi connectivity index (χ3v) is 6.09. The van der Waals surface area contributed by atoms with E-state index in [1.165, 1.54) is 0 Å². The molecule has 0 unspecified atom stereocenters. The average molecular weight is 498 g/mol. The van der Waals surface area contributed by atoms with Crippen LogP contribution in [0.5, 0.6) is 0 Å². The van der Waals surface area contributed by atoms with Crippen molar-refractivity contribution in [3.05, 3.63) is 23.0 Å². The highest BCUT2D eigenvalue weighted by Crippen LogP contribution is 2.29. The Hall–Kier alpha value is -1.41. The molecule has 0 radical (unpaired) electrons. The number of carbonyl (C=O) groups is 1. The first-order chi connectivity index (χ1) is 16.0. The van der Waals surface area contributed by atoms with Crippen LogP contribution in [0.25, 0.3) is 0 Å². The van der Waals surface area contributed by atoms with E-state index in [2.05, 4.69) is 14.8 Å². The van der Waals surface area contributed by atoms with E-state index in [1.807, 2.05) is 47.0 Å². The second-order valence-corrected chi connectivity index (χ2v) is 11.1. The van der Waals surface area contributed by atoms with Crippen LogP contribution in [0, 0.1) is 0 Å². The lowest BCUT2D eigenvalue weighted by Crippen LogP contribution is -2.47. The Morgan fingerprint density at radius 2 is 1.79 bits per heavy atom. The van der Waals surface area contributed by atoms with Gasteiger partial charge >= 0.3 is 5.97 Å². The van der Waals surface area contributed by atoms with E-state index < -0.39 is 11.2 Å². The standard InChI is InChI=1S/C26H44ClN3O4/c1-25(2,3)34-24(31)11-9-7-6-8-10-18-33-20-26(32)14-16-30(17-15-26)22-12-13-23(27)28-21(22)19-29(4)5/h12-13,32H,6-11,14-20H2,1-5H3. The molecule has 0 spiro atoms. The molecule has 0 bridgehead atoms. The minimum atomic E-state index is -0.772. The molecule has 0 atom stereocenters. The van der Waals surface area contributed by atoms with Crippen LogP contribution >= 0.6 is 11.6 Å². The normalized spacial score (nSPS) is 16.2. The summed E-state index contributed by atoms with van der Waals surface area (Å²) in [5.74, 6) is -0.114. The third-order valence-electron chi connectivity index (χ3n) is 5.88. The van der Waals surface area contributed by atoms with Crippen LogP contribution < -0.4 is 4.90 Å². The zero-order valence-corrected chi connectivity index (χ0v) is 22.5. The number of esters is 1. The number of unbranched alkanes of at least 4 members (excludes halogenated alkanes) is 4. The minimum Gasteiger partial charge on any atom is -0.460 e. The molecule has 1 aliphatic rings. The maximum Gasteiger partial charge on any atom is 0.306 e. The molecular formula is C26H44ClN3O4. The van der Waals surface area contributed by atoms with E-state index in [1.54, 1.807) is 0 Å². The summed E-state index contributed by atoms with van der Waals surface area (Å²) in [6.45, 7) is 8.97. The van der Waals surface area contributed by atoms with Crippen molar-refractivity contribution in [2.24, 2.45) is 0 Å². The SMILES string of the molecule is CN(C)Cc1nc(Cl)ccc1N1CCC(O)(COCCCCCCCC(=O)OC(C)(C)C)CC1. The summed E-state index contributed by atoms with van der Waals surface area (Å²) < 4.78 is 11.2. The Labute approximate surface area is 210 Å². The monoisotopic (exact) mass is 497 g/mol. The Balaban J connectivity index is 1.60. The number of hydrogen-bond acceptors (Lipinski definition) is 7. The second-order valence-electron chi connectivity index (χ2n) is 10.7. The van der Waals surface area contributed by atoms with Crippen molar-refractivity contribution >= 4 is 23.3 Å². The van der Waals surface area contributed by atoms with Crippen molar-refractivity contribution in [3.8, 4) is 0 Å². The fourth-order valence-electron chi connectivity index (χ4n) is 4.14. The summed E-state index contributed by atoms with van der Waals surface area (Å²) in [5.41, 5.74) is 0.876. The molecule has 0 aromatic carbocycles. The van der Waals surface area contributed by atoms with Gasteiger partial charge in [0.2, 0.25) is 0 Å². The number of aliphatic hydroxyl groups is 1. The van der Waals surface area contributed by atoms with Gasteiger partial charge in [0, 0.05) is 32.7 Å². The number of anilines is 1. The number of hydrogen-bond donors (Lipinski definition) is 1. The van der Waals surface area contributed by atoms with Crippen LogP contribution in [0.1, 0.15) is 77.8 Å². The zero-order valence-electron chi connectivity index (χ0n) is 21.7. The van der Waals surface area contributed by atoms with Crippen molar-refractivity contribution in [2.75, 3.05) is 45.3 Å². The van der Waals surface area contributed by atoms with Gasteiger partial charge in [0.1, 0.15) is 10.8 Å². The summed E-state index contributed by atoms with van der Waals surface area (Å²) in [7, 11) is 4.03. The number of aromatic nitrogens is 1. The molecule has 1 aromatic heterocycles. The summed E-state index contributed by atoms with van der Waals surface area (Å²) in [6.07, 6.45) is 6.83. The predicted octanol–water partition coefficient (Wildman–Crippen LogP) is 4.83. The van der Waals surface area contributed by atoms with Gasteiger partial charge in [-0.3, -0.25) is 4.79 Å². The predicted molar refractivity (Wildman–Crippen MR) is 137 cm³/mol. The van der Waals surface area contributed by atoms with E-state index in [-0.39, 0.29) is 5.97 Å². The Kier molecular flexibility index (Phi) is 11.5. The van der Waals surface area contributed by atoms with Crippen molar-refractivity contribution in [1.29, 1.82) is 0 Å². The molecule has 1 aliphatic heterocycles. The van der Waals surface area contributed by atoms with E-state index >= 15 is 0 Å². The number of nitrogens with zero attached hydrogens (tertiary/aromatic N) is 3. The van der Waals surface area contributed by atoms with Gasteiger partial charge in [-0.15, -0.1) is 0 Å². The van der Waals surface area contributed by atoms with Crippen molar-refractivity contribution < 1.29 is 19.4 Å². The molecule has 1 fully saturated rings. The van der Waals surface area contributed by atoms with Gasteiger partial charge in [0.05, 0.1) is 23.6 Å². The lowest BCUT2D eigenvalue weighted by Gasteiger charge is -2.39. The van der Waals surface area contributed by atoms with E-state index in [0.29, 0.717) is 37.6 Å². The Morgan fingerprint density at radius 1 is 1.15 bits per heavy atom. The van der Waals surface area contributed by atoms with Gasteiger partial charge in [0.25, 0.3) is 0 Å². The fraction of sp³-hybridized carbons (Fsp3) is 0.769. The molecule has 2 rings (SSSR count). The Morgan fingerprint density at radius 3 is 2.44 bits per heavy atom. The van der Waals surface area contributed by atoms with Crippen LogP contribution in [0.4, 0.5) is 5.69 Å². The van der Waals surface area contributed by atoms with Crippen LogP contribution in [0.15, 0.2) is 12.1 Å². The molecule has 1 aromatic rings. The zero-order chi connectivity index (χ0) is 25.2. The van der Waals surface area contributed by atoms with Gasteiger partial charge in [-0.25, -0.2) is 4.98 Å². The van der Waals surface area contributed by atoms with Gasteiger partial charge in [-0.05, 0) is 72.7 Å². The van der Waals surface area contributed by atoms with Crippen molar-refractivity contribution in [2.45, 2.75) is 89.9 Å². The van der Waals surface area contributed by atoms with Gasteiger partial charge in [-0.2, -0.15) is 0 Å². The molecule has 1 N–H and O–H groups in total. The van der Waals surface area contributed by atoms with Gasteiger partial charge in [-0.1, -0.05) is 30.9 Å². The average Bonchev–Trinajstić information content (AvgIpc) is 2.72. The molecule has 8 heteroatoms. The summed E-state index contributed by atoms with van der Waals surface area (Å²) >= 11 is 6.11. The molecule has 194 valence electrons. The smallest absolute Gasteiger partial charge is 0.306 e. The second kappa shape index (κ2) is 13.6. The van der Waals surface area contributed by atoms with E-state index in [4.69, 9.17) is 21.1 Å². The highest BCUT2D eigenvalue weighted by Gasteiger charge is 2.33. The van der Waals surface area contributed by atoms with Gasteiger partial charge < -0.3 is 24.4 Å². The summed E-state index contributed by atoms with van der Waals surface area (Å²) in [5, 5.41) is 11.5.